The van der Waals surface area contributed by atoms with Gasteiger partial charge in [0.2, 0.25) is 0 Å². The predicted octanol–water partition coefficient (Wildman–Crippen LogP) is 8.08. The van der Waals surface area contributed by atoms with E-state index in [1.807, 2.05) is 12.1 Å². The summed E-state index contributed by atoms with van der Waals surface area (Å²) in [5.74, 6) is -2.77. The highest BCUT2D eigenvalue weighted by Crippen LogP contribution is 2.48. The maximum atomic E-state index is 13.2. The number of nitriles is 2. The number of carbonyl (C=O) groups is 4. The molecule has 58 heavy (non-hydrogen) atoms. The average molecular weight is 763 g/mol. The second-order valence-corrected chi connectivity index (χ2v) is 12.6. The van der Waals surface area contributed by atoms with Gasteiger partial charge < -0.3 is 18.9 Å². The lowest BCUT2D eigenvalue weighted by atomic mass is 9.99. The zero-order valence-corrected chi connectivity index (χ0v) is 30.3. The van der Waals surface area contributed by atoms with E-state index in [4.69, 9.17) is 32.1 Å². The summed E-state index contributed by atoms with van der Waals surface area (Å²) in [5, 5.41) is 19.2. The summed E-state index contributed by atoms with van der Waals surface area (Å²) in [6, 6.07) is 33.7. The molecular formula is C46H26N4O8. The lowest BCUT2D eigenvalue weighted by Gasteiger charge is -2.11. The first-order chi connectivity index (χ1) is 28.3. The van der Waals surface area contributed by atoms with Gasteiger partial charge in [-0.15, -0.1) is 0 Å². The SMILES string of the molecule is [C-]#[N+]/C(C#N)=C1/c2ccccc2-c2c(C(=O)OCCOC(=O)c3ccc(C(=O)OCCOC(=O)c4cccc5c4-c4ccccc4/C5=C(/C#N)[N+]#[C-])cc3)cccc21. The monoisotopic (exact) mass is 762 g/mol. The lowest BCUT2D eigenvalue weighted by molar-refractivity contribution is 0.0263. The summed E-state index contributed by atoms with van der Waals surface area (Å²) in [6.45, 7) is 13.9. The number of esters is 4. The normalized spacial score (nSPS) is 13.0. The van der Waals surface area contributed by atoms with Gasteiger partial charge in [0.25, 0.3) is 11.4 Å². The summed E-state index contributed by atoms with van der Waals surface area (Å²) >= 11 is 0. The number of rotatable bonds is 10. The molecule has 0 unspecified atom stereocenters. The first-order valence-electron chi connectivity index (χ1n) is 17.6. The molecule has 0 aliphatic heterocycles. The van der Waals surface area contributed by atoms with Gasteiger partial charge in [-0.3, -0.25) is 0 Å². The van der Waals surface area contributed by atoms with Crippen LogP contribution in [-0.2, 0) is 18.9 Å². The first kappa shape index (κ1) is 37.7. The minimum Gasteiger partial charge on any atom is -0.458 e. The highest BCUT2D eigenvalue weighted by molar-refractivity contribution is 6.11. The Kier molecular flexibility index (Phi) is 10.7. The Morgan fingerprint density at radius 3 is 1.12 bits per heavy atom. The molecule has 2 aliphatic carbocycles. The van der Waals surface area contributed by atoms with Gasteiger partial charge in [0.15, 0.2) is 0 Å². The second kappa shape index (κ2) is 16.4. The molecule has 12 heteroatoms. The van der Waals surface area contributed by atoms with Gasteiger partial charge >= 0.3 is 23.9 Å². The molecular weight excluding hydrogens is 737 g/mol. The van der Waals surface area contributed by atoms with Crippen molar-refractivity contribution in [1.29, 1.82) is 10.5 Å². The minimum atomic E-state index is -0.717. The number of carbonyl (C=O) groups excluding carboxylic acids is 4. The molecule has 0 radical (unpaired) electrons. The fraction of sp³-hybridized carbons (Fsp3) is 0.0870. The van der Waals surface area contributed by atoms with Crippen molar-refractivity contribution in [3.63, 3.8) is 0 Å². The van der Waals surface area contributed by atoms with E-state index in [0.717, 1.165) is 0 Å². The van der Waals surface area contributed by atoms with Crippen molar-refractivity contribution in [3.8, 4) is 34.4 Å². The topological polar surface area (TPSA) is 162 Å². The van der Waals surface area contributed by atoms with Crippen molar-refractivity contribution in [2.45, 2.75) is 0 Å². The minimum absolute atomic E-state index is 0.0872. The summed E-state index contributed by atoms with van der Waals surface area (Å²) in [6.07, 6.45) is 0. The summed E-state index contributed by atoms with van der Waals surface area (Å²) < 4.78 is 21.4. The molecule has 7 rings (SSSR count). The largest absolute Gasteiger partial charge is 0.458 e. The average Bonchev–Trinajstić information content (AvgIpc) is 3.78. The third kappa shape index (κ3) is 6.93. The molecule has 0 aromatic heterocycles. The van der Waals surface area contributed by atoms with Crippen LogP contribution in [0.3, 0.4) is 0 Å². The summed E-state index contributed by atoms with van der Waals surface area (Å²) in [7, 11) is 0. The van der Waals surface area contributed by atoms with Crippen LogP contribution in [0.5, 0.6) is 0 Å². The smallest absolute Gasteiger partial charge is 0.338 e. The Labute approximate surface area is 331 Å². The van der Waals surface area contributed by atoms with Crippen LogP contribution in [-0.4, -0.2) is 50.3 Å². The third-order valence-electron chi connectivity index (χ3n) is 9.40. The van der Waals surface area contributed by atoms with Gasteiger partial charge in [0, 0.05) is 22.3 Å². The van der Waals surface area contributed by atoms with Gasteiger partial charge in [-0.1, -0.05) is 72.8 Å². The van der Waals surface area contributed by atoms with Crippen LogP contribution in [0.15, 0.2) is 121 Å². The van der Waals surface area contributed by atoms with Gasteiger partial charge in [-0.2, -0.15) is 0 Å². The molecule has 0 amide bonds. The van der Waals surface area contributed by atoms with E-state index in [1.54, 1.807) is 84.9 Å². The molecule has 5 aromatic carbocycles. The van der Waals surface area contributed by atoms with Crippen LogP contribution in [0.4, 0.5) is 0 Å². The molecule has 278 valence electrons. The first-order valence-corrected chi connectivity index (χ1v) is 17.6. The van der Waals surface area contributed by atoms with Gasteiger partial charge in [0.1, 0.15) is 26.4 Å². The van der Waals surface area contributed by atoms with Crippen LogP contribution in [0.1, 0.15) is 63.7 Å². The Balaban J connectivity index is 0.899. The van der Waals surface area contributed by atoms with Gasteiger partial charge in [-0.25, -0.2) is 39.4 Å². The Morgan fingerprint density at radius 2 is 0.776 bits per heavy atom. The van der Waals surface area contributed by atoms with E-state index in [0.29, 0.717) is 55.7 Å². The van der Waals surface area contributed by atoms with E-state index in [2.05, 4.69) is 9.69 Å². The highest BCUT2D eigenvalue weighted by Gasteiger charge is 2.32. The van der Waals surface area contributed by atoms with Crippen LogP contribution in [0, 0.1) is 35.8 Å². The third-order valence-corrected chi connectivity index (χ3v) is 9.40. The van der Waals surface area contributed by atoms with Gasteiger partial charge in [-0.05, 0) is 69.8 Å². The molecule has 0 heterocycles. The Morgan fingerprint density at radius 1 is 0.448 bits per heavy atom. The van der Waals surface area contributed by atoms with E-state index in [1.165, 1.54) is 24.3 Å². The number of benzene rings is 5. The molecule has 0 fully saturated rings. The number of nitrogens with zero attached hydrogens (tertiary/aromatic N) is 4. The molecule has 5 aromatic rings. The predicted molar refractivity (Wildman–Crippen MR) is 208 cm³/mol. The van der Waals surface area contributed by atoms with E-state index >= 15 is 0 Å². The van der Waals surface area contributed by atoms with E-state index < -0.39 is 23.9 Å². The van der Waals surface area contributed by atoms with Crippen LogP contribution < -0.4 is 0 Å². The number of fused-ring (bicyclic) bond motifs is 6. The van der Waals surface area contributed by atoms with Crippen LogP contribution >= 0.6 is 0 Å². The van der Waals surface area contributed by atoms with Crippen LogP contribution in [0.25, 0.3) is 43.1 Å². The number of hydrogen-bond acceptors (Lipinski definition) is 10. The maximum Gasteiger partial charge on any atom is 0.338 e. The fourth-order valence-electron chi connectivity index (χ4n) is 6.96. The van der Waals surface area contributed by atoms with Crippen molar-refractivity contribution in [2.75, 3.05) is 26.4 Å². The fourth-order valence-corrected chi connectivity index (χ4v) is 6.96. The summed E-state index contributed by atoms with van der Waals surface area (Å²) in [4.78, 5) is 58.5. The molecule has 12 nitrogen and oxygen atoms in total. The molecule has 0 N–H and O–H groups in total. The van der Waals surface area contributed by atoms with Gasteiger partial charge in [0.05, 0.1) is 47.5 Å². The van der Waals surface area contributed by atoms with E-state index in [9.17, 15) is 29.7 Å². The van der Waals surface area contributed by atoms with Crippen molar-refractivity contribution < 1.29 is 38.1 Å². The molecule has 0 bridgehead atoms. The second-order valence-electron chi connectivity index (χ2n) is 12.6. The molecule has 0 spiro atoms. The Bertz CT molecular complexity index is 2580. The molecule has 2 aliphatic rings. The molecule has 0 saturated heterocycles. The zero-order valence-electron chi connectivity index (χ0n) is 30.3. The maximum absolute atomic E-state index is 13.2. The summed E-state index contributed by atoms with van der Waals surface area (Å²) in [5.41, 5.74) is 6.45. The number of ether oxygens (including phenoxy) is 4. The highest BCUT2D eigenvalue weighted by atomic mass is 16.6. The number of allylic oxidation sites excluding steroid dienone is 2. The standard InChI is InChI=1S/C46H26N4O8/c1-49-37(25-47)41-31-11-5-3-9-29(31)39-33(41)13-7-15-35(39)45(53)57-23-21-55-43(51)27-17-19-28(20-18-27)44(52)56-22-24-58-46(54)36-16-8-14-34-40(36)30-10-4-6-12-32(30)42(34)38(26-48)50-2/h3-20H,21-24H2/b41-37-,42-38+. The van der Waals surface area contributed by atoms with Crippen molar-refractivity contribution in [2.24, 2.45) is 0 Å². The zero-order chi connectivity index (χ0) is 40.8. The lowest BCUT2D eigenvalue weighted by Crippen LogP contribution is -2.16. The quantitative estimate of drug-likeness (QED) is 0.0438. The van der Waals surface area contributed by atoms with Crippen molar-refractivity contribution >= 4 is 35.0 Å². The molecule has 0 atom stereocenters. The van der Waals surface area contributed by atoms with E-state index in [-0.39, 0.29) is 60.1 Å². The van der Waals surface area contributed by atoms with Crippen molar-refractivity contribution in [3.05, 3.63) is 188 Å². The van der Waals surface area contributed by atoms with Crippen molar-refractivity contribution in [1.82, 2.24) is 0 Å². The molecule has 0 saturated carbocycles. The van der Waals surface area contributed by atoms with Crippen LogP contribution in [0.2, 0.25) is 0 Å². The Hall–Kier alpha value is -8.58. The number of hydrogen-bond donors (Lipinski definition) is 0.